The Morgan fingerprint density at radius 3 is 1.60 bits per heavy atom. The van der Waals surface area contributed by atoms with Crippen LogP contribution < -0.4 is 0 Å². The highest BCUT2D eigenvalue weighted by atomic mass is 16.3. The van der Waals surface area contributed by atoms with Crippen LogP contribution in [0.15, 0.2) is 0 Å². The van der Waals surface area contributed by atoms with Crippen LogP contribution in [0.3, 0.4) is 0 Å². The summed E-state index contributed by atoms with van der Waals surface area (Å²) < 4.78 is 1.34. The fraction of sp³-hybridized carbons (Fsp3) is 0.920. The summed E-state index contributed by atoms with van der Waals surface area (Å²) in [4.78, 5) is 37.0. The van der Waals surface area contributed by atoms with Crippen molar-refractivity contribution in [2.24, 2.45) is 5.92 Å². The maximum absolute atomic E-state index is 12.4. The van der Waals surface area contributed by atoms with Crippen LogP contribution in [-0.4, -0.2) is 39.1 Å². The van der Waals surface area contributed by atoms with Gasteiger partial charge in [0.25, 0.3) is 0 Å². The van der Waals surface area contributed by atoms with Crippen molar-refractivity contribution in [2.75, 3.05) is 6.54 Å². The van der Waals surface area contributed by atoms with Crippen molar-refractivity contribution in [1.82, 2.24) is 4.90 Å². The third-order valence-corrected chi connectivity index (χ3v) is 7.07. The van der Waals surface area contributed by atoms with E-state index >= 15 is 0 Å². The standard InChI is InChI=1S/C25H45N2O3/c1-24(2)19-21(20-25(3,4)27(24)30)15-13-11-9-7-5-6-8-10-12-14-18-26-22(28)16-17-23(26)29/h21H,5-20H2,1-4H3/q+1. The molecule has 0 saturated carbocycles. The van der Waals surface area contributed by atoms with E-state index in [1.807, 2.05) is 0 Å². The fourth-order valence-corrected chi connectivity index (χ4v) is 5.66. The number of amides is 2. The average molecular weight is 422 g/mol. The van der Waals surface area contributed by atoms with E-state index in [4.69, 9.17) is 0 Å². The first-order valence-electron chi connectivity index (χ1n) is 12.4. The number of hydrogen-bond acceptors (Lipinski definition) is 3. The fourth-order valence-electron chi connectivity index (χ4n) is 5.66. The van der Waals surface area contributed by atoms with Crippen molar-refractivity contribution < 1.29 is 14.3 Å². The summed E-state index contributed by atoms with van der Waals surface area (Å²) in [5.41, 5.74) is -0.460. The number of carbonyl (C=O) groups is 2. The van der Waals surface area contributed by atoms with E-state index in [-0.39, 0.29) is 22.9 Å². The molecule has 5 heteroatoms. The van der Waals surface area contributed by atoms with Crippen LogP contribution >= 0.6 is 0 Å². The monoisotopic (exact) mass is 421 g/mol. The van der Waals surface area contributed by atoms with Gasteiger partial charge in [-0.3, -0.25) is 14.5 Å². The Kier molecular flexibility index (Phi) is 9.49. The number of nitroso groups, excluding NO2 is 1. The Labute approximate surface area is 183 Å². The van der Waals surface area contributed by atoms with E-state index in [1.54, 1.807) is 0 Å². The zero-order valence-corrected chi connectivity index (χ0v) is 20.0. The molecule has 5 nitrogen and oxygen atoms in total. The highest BCUT2D eigenvalue weighted by Gasteiger charge is 2.53. The Morgan fingerprint density at radius 2 is 1.13 bits per heavy atom. The van der Waals surface area contributed by atoms with Gasteiger partial charge in [0.1, 0.15) is 0 Å². The molecule has 2 rings (SSSR count). The summed E-state index contributed by atoms with van der Waals surface area (Å²) in [6, 6.07) is 0. The molecule has 0 N–H and O–H groups in total. The molecule has 0 unspecified atom stereocenters. The van der Waals surface area contributed by atoms with Crippen molar-refractivity contribution in [3.05, 3.63) is 4.91 Å². The molecule has 0 aliphatic carbocycles. The summed E-state index contributed by atoms with van der Waals surface area (Å²) in [6.45, 7) is 9.01. The third kappa shape index (κ3) is 7.46. The molecule has 0 aromatic carbocycles. The van der Waals surface area contributed by atoms with Crippen molar-refractivity contribution in [2.45, 2.75) is 135 Å². The van der Waals surface area contributed by atoms with E-state index in [1.165, 1.54) is 67.4 Å². The van der Waals surface area contributed by atoms with Gasteiger partial charge in [-0.1, -0.05) is 57.8 Å². The van der Waals surface area contributed by atoms with Crippen LogP contribution in [-0.2, 0) is 9.59 Å². The number of imide groups is 1. The van der Waals surface area contributed by atoms with Crippen LogP contribution in [0.2, 0.25) is 0 Å². The number of carbonyl (C=O) groups excluding carboxylic acids is 2. The van der Waals surface area contributed by atoms with Crippen LogP contribution in [0.5, 0.6) is 0 Å². The second-order valence-corrected chi connectivity index (χ2v) is 11.0. The summed E-state index contributed by atoms with van der Waals surface area (Å²) in [5.74, 6) is 0.720. The van der Waals surface area contributed by atoms with Gasteiger partial charge in [-0.15, -0.1) is 0 Å². The Balaban J connectivity index is 1.41. The highest BCUT2D eigenvalue weighted by molar-refractivity contribution is 6.01. The maximum atomic E-state index is 12.4. The van der Waals surface area contributed by atoms with E-state index < -0.39 is 0 Å². The van der Waals surface area contributed by atoms with Crippen molar-refractivity contribution >= 4 is 11.8 Å². The Hall–Kier alpha value is -1.26. The quantitative estimate of drug-likeness (QED) is 0.203. The lowest BCUT2D eigenvalue weighted by molar-refractivity contribution is -0.695. The molecule has 0 atom stereocenters. The highest BCUT2D eigenvalue weighted by Crippen LogP contribution is 2.39. The lowest BCUT2D eigenvalue weighted by Gasteiger charge is -2.36. The summed E-state index contributed by atoms with van der Waals surface area (Å²) in [7, 11) is 0. The summed E-state index contributed by atoms with van der Waals surface area (Å²) in [6.07, 6.45) is 16.6. The van der Waals surface area contributed by atoms with Crippen molar-refractivity contribution in [3.63, 3.8) is 0 Å². The zero-order valence-electron chi connectivity index (χ0n) is 20.0. The van der Waals surface area contributed by atoms with Gasteiger partial charge in [0.2, 0.25) is 22.9 Å². The number of likely N-dealkylation sites (tertiary alicyclic amines) is 1. The summed E-state index contributed by atoms with van der Waals surface area (Å²) in [5, 5.41) is 0. The molecule has 2 aliphatic heterocycles. The number of unbranched alkanes of at least 4 members (excludes halogenated alkanes) is 9. The Morgan fingerprint density at radius 1 is 0.733 bits per heavy atom. The number of nitrogens with zero attached hydrogens (tertiary/aromatic N) is 2. The van der Waals surface area contributed by atoms with E-state index in [0.29, 0.717) is 25.3 Å². The smallest absolute Gasteiger partial charge is 0.229 e. The molecule has 2 aliphatic rings. The van der Waals surface area contributed by atoms with Gasteiger partial charge in [0.05, 0.1) is 0 Å². The van der Waals surface area contributed by atoms with Gasteiger partial charge in [0.15, 0.2) is 0 Å². The average Bonchev–Trinajstić information content (AvgIpc) is 2.98. The largest absolute Gasteiger partial charge is 0.283 e. The molecule has 2 amide bonds. The number of hydrogen-bond donors (Lipinski definition) is 0. The van der Waals surface area contributed by atoms with Crippen LogP contribution in [0.1, 0.15) is 124 Å². The number of piperidine rings is 1. The lowest BCUT2D eigenvalue weighted by atomic mass is 9.74. The predicted molar refractivity (Wildman–Crippen MR) is 121 cm³/mol. The minimum absolute atomic E-state index is 0.0169. The minimum Gasteiger partial charge on any atom is -0.283 e. The van der Waals surface area contributed by atoms with Gasteiger partial charge in [-0.25, -0.2) is 0 Å². The molecule has 30 heavy (non-hydrogen) atoms. The first-order chi connectivity index (χ1) is 14.1. The van der Waals surface area contributed by atoms with Gasteiger partial charge >= 0.3 is 0 Å². The molecular formula is C25H45N2O3+. The van der Waals surface area contributed by atoms with Crippen molar-refractivity contribution in [3.8, 4) is 0 Å². The second-order valence-electron chi connectivity index (χ2n) is 11.0. The first-order valence-corrected chi connectivity index (χ1v) is 12.4. The van der Waals surface area contributed by atoms with Gasteiger partial charge in [0, 0.05) is 69.6 Å². The van der Waals surface area contributed by atoms with Gasteiger partial charge in [-0.05, 0) is 18.8 Å². The molecule has 0 radical (unpaired) electrons. The minimum atomic E-state index is -0.230. The van der Waals surface area contributed by atoms with Gasteiger partial charge in [-0.2, -0.15) is 0 Å². The molecule has 0 aromatic rings. The lowest BCUT2D eigenvalue weighted by Crippen LogP contribution is -2.53. The molecule has 172 valence electrons. The molecule has 0 spiro atoms. The zero-order chi connectivity index (χ0) is 22.2. The van der Waals surface area contributed by atoms with E-state index in [2.05, 4.69) is 27.7 Å². The summed E-state index contributed by atoms with van der Waals surface area (Å²) >= 11 is 0. The first kappa shape index (κ1) is 25.0. The third-order valence-electron chi connectivity index (χ3n) is 7.07. The maximum Gasteiger partial charge on any atom is 0.229 e. The molecular weight excluding hydrogens is 376 g/mol. The molecule has 0 bridgehead atoms. The van der Waals surface area contributed by atoms with E-state index in [9.17, 15) is 14.5 Å². The molecule has 2 fully saturated rings. The Bertz CT molecular complexity index is 561. The van der Waals surface area contributed by atoms with Crippen LogP contribution in [0.4, 0.5) is 0 Å². The van der Waals surface area contributed by atoms with Crippen LogP contribution in [0, 0.1) is 10.8 Å². The van der Waals surface area contributed by atoms with Gasteiger partial charge < -0.3 is 0 Å². The SMILES string of the molecule is CC1(C)CC(CCCCCCCCCCCCN2C(=O)CCC2=O)CC(C)(C)[N+]1=O. The molecule has 2 heterocycles. The number of rotatable bonds is 13. The topological polar surface area (TPSA) is 57.5 Å². The molecule has 0 aromatic heterocycles. The second kappa shape index (κ2) is 11.4. The predicted octanol–water partition coefficient (Wildman–Crippen LogP) is 6.17. The van der Waals surface area contributed by atoms with Crippen molar-refractivity contribution in [1.29, 1.82) is 0 Å². The van der Waals surface area contributed by atoms with E-state index in [0.717, 1.165) is 25.7 Å². The molecule has 2 saturated heterocycles. The van der Waals surface area contributed by atoms with Crippen LogP contribution in [0.25, 0.3) is 0 Å². The normalized spacial score (nSPS) is 21.6.